The van der Waals surface area contributed by atoms with E-state index in [2.05, 4.69) is 0 Å². The van der Waals surface area contributed by atoms with Crippen molar-refractivity contribution in [3.8, 4) is 5.75 Å². The molecule has 158 valence electrons. The topological polar surface area (TPSA) is 95.7 Å². The second-order valence-electron chi connectivity index (χ2n) is 6.90. The molecule has 0 aliphatic rings. The minimum Gasteiger partial charge on any atom is -0.482 e. The van der Waals surface area contributed by atoms with Crippen LogP contribution in [0.4, 0.5) is 5.69 Å². The molecule has 0 aliphatic heterocycles. The molecule has 0 aromatic heterocycles. The Morgan fingerprint density at radius 1 is 0.935 bits per heavy atom. The first-order valence-corrected chi connectivity index (χ1v) is 9.62. The number of Topliss-reactive ketones (excluding diaryl/α,β-unsaturated/α-hetero) is 1. The van der Waals surface area contributed by atoms with Crippen molar-refractivity contribution in [2.45, 2.75) is 13.3 Å². The minimum atomic E-state index is -0.704. The van der Waals surface area contributed by atoms with Gasteiger partial charge in [-0.3, -0.25) is 14.9 Å². The van der Waals surface area contributed by atoms with Gasteiger partial charge in [-0.05, 0) is 24.1 Å². The molecule has 7 nitrogen and oxygen atoms in total. The molecule has 0 saturated carbocycles. The first-order chi connectivity index (χ1) is 14.9. The van der Waals surface area contributed by atoms with Crippen molar-refractivity contribution in [1.82, 2.24) is 0 Å². The summed E-state index contributed by atoms with van der Waals surface area (Å²) in [4.78, 5) is 34.7. The van der Waals surface area contributed by atoms with Crippen LogP contribution in [0.2, 0.25) is 0 Å². The largest absolute Gasteiger partial charge is 0.482 e. The number of benzene rings is 3. The number of carbonyl (C=O) groups is 2. The fourth-order valence-electron chi connectivity index (χ4n) is 2.99. The van der Waals surface area contributed by atoms with Gasteiger partial charge in [0.2, 0.25) is 5.78 Å². The average molecular weight is 419 g/mol. The molecule has 0 heterocycles. The Bertz CT molecular complexity index is 1090. The maximum Gasteiger partial charge on any atom is 0.344 e. The van der Waals surface area contributed by atoms with E-state index in [1.807, 2.05) is 48.5 Å². The van der Waals surface area contributed by atoms with Crippen molar-refractivity contribution in [3.63, 3.8) is 0 Å². The van der Waals surface area contributed by atoms with Crippen LogP contribution in [0, 0.1) is 17.0 Å². The van der Waals surface area contributed by atoms with Gasteiger partial charge in [0.25, 0.3) is 5.69 Å². The van der Waals surface area contributed by atoms with E-state index < -0.39 is 23.3 Å². The van der Waals surface area contributed by atoms with E-state index in [1.54, 1.807) is 13.0 Å². The molecule has 0 saturated heterocycles. The molecule has 0 N–H and O–H groups in total. The van der Waals surface area contributed by atoms with E-state index in [9.17, 15) is 19.7 Å². The molecule has 3 rings (SSSR count). The summed E-state index contributed by atoms with van der Waals surface area (Å²) in [5.41, 5.74) is 2.43. The zero-order chi connectivity index (χ0) is 22.2. The minimum absolute atomic E-state index is 0.110. The molecule has 0 atom stereocenters. The number of carbonyl (C=O) groups excluding carboxylic acids is 2. The van der Waals surface area contributed by atoms with E-state index in [0.717, 1.165) is 11.1 Å². The van der Waals surface area contributed by atoms with Crippen LogP contribution in [-0.4, -0.2) is 29.9 Å². The zero-order valence-electron chi connectivity index (χ0n) is 16.9. The third-order valence-electron chi connectivity index (χ3n) is 4.65. The van der Waals surface area contributed by atoms with Crippen LogP contribution in [0.3, 0.4) is 0 Å². The molecule has 0 bridgehead atoms. The van der Waals surface area contributed by atoms with E-state index in [1.165, 1.54) is 18.2 Å². The van der Waals surface area contributed by atoms with Gasteiger partial charge < -0.3 is 9.47 Å². The van der Waals surface area contributed by atoms with Crippen molar-refractivity contribution in [2.24, 2.45) is 0 Å². The summed E-state index contributed by atoms with van der Waals surface area (Å²) in [5.74, 6) is -0.672. The lowest BCUT2D eigenvalue weighted by Crippen LogP contribution is -2.20. The molecule has 0 amide bonds. The molecule has 7 heteroatoms. The van der Waals surface area contributed by atoms with Crippen LogP contribution in [-0.2, 0) is 16.0 Å². The second-order valence-corrected chi connectivity index (χ2v) is 6.90. The Labute approximate surface area is 179 Å². The van der Waals surface area contributed by atoms with Crippen molar-refractivity contribution >= 4 is 17.4 Å². The van der Waals surface area contributed by atoms with Crippen LogP contribution in [0.15, 0.2) is 72.8 Å². The van der Waals surface area contributed by atoms with E-state index in [0.29, 0.717) is 17.7 Å². The molecule has 0 unspecified atom stereocenters. The number of nitro groups is 1. The Morgan fingerprint density at radius 3 is 2.39 bits per heavy atom. The molecule has 3 aromatic carbocycles. The number of esters is 1. The summed E-state index contributed by atoms with van der Waals surface area (Å²) in [7, 11) is 0. The van der Waals surface area contributed by atoms with Crippen LogP contribution < -0.4 is 4.74 Å². The number of nitro benzene ring substituents is 1. The van der Waals surface area contributed by atoms with E-state index in [4.69, 9.17) is 9.47 Å². The SMILES string of the molecule is Cc1ccc(C(=O)COC(=O)COc2ccccc2Cc2ccccc2)cc1[N+](=O)[O-]. The molecule has 0 radical (unpaired) electrons. The Kier molecular flexibility index (Phi) is 7.11. The molecule has 3 aromatic rings. The predicted molar refractivity (Wildman–Crippen MR) is 114 cm³/mol. The lowest BCUT2D eigenvalue weighted by molar-refractivity contribution is -0.385. The van der Waals surface area contributed by atoms with Crippen LogP contribution in [0.5, 0.6) is 5.75 Å². The number of nitrogens with zero attached hydrogens (tertiary/aromatic N) is 1. The number of ether oxygens (including phenoxy) is 2. The average Bonchev–Trinajstić information content (AvgIpc) is 2.77. The van der Waals surface area contributed by atoms with Gasteiger partial charge in [0.1, 0.15) is 5.75 Å². The Morgan fingerprint density at radius 2 is 1.65 bits per heavy atom. The number of para-hydroxylation sites is 1. The van der Waals surface area contributed by atoms with Gasteiger partial charge in [-0.2, -0.15) is 0 Å². The van der Waals surface area contributed by atoms with Gasteiger partial charge in [0, 0.05) is 23.6 Å². The molecular formula is C24H21NO6. The number of ketones is 1. The van der Waals surface area contributed by atoms with Crippen LogP contribution >= 0.6 is 0 Å². The summed E-state index contributed by atoms with van der Waals surface area (Å²) in [6, 6.07) is 21.4. The second kappa shape index (κ2) is 10.2. The van der Waals surface area contributed by atoms with Gasteiger partial charge in [0.05, 0.1) is 4.92 Å². The van der Waals surface area contributed by atoms with Crippen molar-refractivity contribution in [1.29, 1.82) is 0 Å². The van der Waals surface area contributed by atoms with Gasteiger partial charge in [-0.15, -0.1) is 0 Å². The fourth-order valence-corrected chi connectivity index (χ4v) is 2.99. The first kappa shape index (κ1) is 21.7. The monoisotopic (exact) mass is 419 g/mol. The van der Waals surface area contributed by atoms with Crippen molar-refractivity contribution in [2.75, 3.05) is 13.2 Å². The summed E-state index contributed by atoms with van der Waals surface area (Å²) in [6.45, 7) is 0.709. The maximum atomic E-state index is 12.2. The zero-order valence-corrected chi connectivity index (χ0v) is 16.9. The maximum absolute atomic E-state index is 12.2. The highest BCUT2D eigenvalue weighted by atomic mass is 16.6. The molecule has 0 fully saturated rings. The first-order valence-electron chi connectivity index (χ1n) is 9.62. The number of rotatable bonds is 9. The van der Waals surface area contributed by atoms with Gasteiger partial charge in [-0.1, -0.05) is 60.7 Å². The normalized spacial score (nSPS) is 10.4. The molecule has 0 aliphatic carbocycles. The fraction of sp³-hybridized carbons (Fsp3) is 0.167. The molecule has 0 spiro atoms. The Balaban J connectivity index is 1.55. The van der Waals surface area contributed by atoms with Gasteiger partial charge >= 0.3 is 5.97 Å². The molecule has 31 heavy (non-hydrogen) atoms. The summed E-state index contributed by atoms with van der Waals surface area (Å²) in [5, 5.41) is 11.0. The number of hydrogen-bond acceptors (Lipinski definition) is 6. The van der Waals surface area contributed by atoms with E-state index >= 15 is 0 Å². The Hall–Kier alpha value is -4.00. The molecular weight excluding hydrogens is 398 g/mol. The van der Waals surface area contributed by atoms with E-state index in [-0.39, 0.29) is 17.9 Å². The highest BCUT2D eigenvalue weighted by Crippen LogP contribution is 2.22. The lowest BCUT2D eigenvalue weighted by atomic mass is 10.0. The smallest absolute Gasteiger partial charge is 0.344 e. The van der Waals surface area contributed by atoms with Crippen molar-refractivity contribution < 1.29 is 24.0 Å². The number of hydrogen-bond donors (Lipinski definition) is 0. The predicted octanol–water partition coefficient (Wildman–Crippen LogP) is 4.30. The third-order valence-corrected chi connectivity index (χ3v) is 4.65. The lowest BCUT2D eigenvalue weighted by Gasteiger charge is -2.11. The quantitative estimate of drug-likeness (QED) is 0.222. The third kappa shape index (κ3) is 5.99. The van der Waals surface area contributed by atoms with Crippen molar-refractivity contribution in [3.05, 3.63) is 105 Å². The summed E-state index contributed by atoms with van der Waals surface area (Å²) < 4.78 is 10.6. The van der Waals surface area contributed by atoms with Gasteiger partial charge in [-0.25, -0.2) is 4.79 Å². The summed E-state index contributed by atoms with van der Waals surface area (Å²) >= 11 is 0. The number of aryl methyl sites for hydroxylation is 1. The standard InChI is InChI=1S/C24H21NO6/c1-17-11-12-19(14-21(17)25(28)29)22(26)15-31-24(27)16-30-23-10-6-5-9-20(23)13-18-7-3-2-4-8-18/h2-12,14H,13,15-16H2,1H3. The highest BCUT2D eigenvalue weighted by Gasteiger charge is 2.17. The van der Waals surface area contributed by atoms with Crippen LogP contribution in [0.25, 0.3) is 0 Å². The van der Waals surface area contributed by atoms with Gasteiger partial charge in [0.15, 0.2) is 13.2 Å². The summed E-state index contributed by atoms with van der Waals surface area (Å²) in [6.07, 6.45) is 0.650. The highest BCUT2D eigenvalue weighted by molar-refractivity contribution is 5.98. The van der Waals surface area contributed by atoms with Crippen LogP contribution in [0.1, 0.15) is 27.0 Å².